The van der Waals surface area contributed by atoms with Crippen molar-refractivity contribution in [3.05, 3.63) is 30.1 Å². The van der Waals surface area contributed by atoms with Gasteiger partial charge in [0.25, 0.3) is 5.91 Å². The Labute approximate surface area is 111 Å². The van der Waals surface area contributed by atoms with E-state index in [0.29, 0.717) is 5.56 Å². The highest BCUT2D eigenvalue weighted by atomic mass is 32.2. The van der Waals surface area contributed by atoms with E-state index in [9.17, 15) is 4.79 Å². The summed E-state index contributed by atoms with van der Waals surface area (Å²) in [4.78, 5) is 16.2. The third-order valence-corrected chi connectivity index (χ3v) is 3.50. The molecule has 0 spiro atoms. The Hall–Kier alpha value is -1.49. The van der Waals surface area contributed by atoms with Gasteiger partial charge in [-0.25, -0.2) is 4.98 Å². The fourth-order valence-electron chi connectivity index (χ4n) is 1.80. The summed E-state index contributed by atoms with van der Waals surface area (Å²) in [7, 11) is 1.94. The quantitative estimate of drug-likeness (QED) is 0.840. The van der Waals surface area contributed by atoms with Gasteiger partial charge in [0.05, 0.1) is 17.4 Å². The Balaban J connectivity index is 2.04. The van der Waals surface area contributed by atoms with E-state index in [1.165, 1.54) is 0 Å². The second kappa shape index (κ2) is 5.91. The molecule has 0 aliphatic carbocycles. The van der Waals surface area contributed by atoms with Gasteiger partial charge in [0, 0.05) is 19.2 Å². The highest BCUT2D eigenvalue weighted by Crippen LogP contribution is 2.13. The third-order valence-electron chi connectivity index (χ3n) is 2.80. The van der Waals surface area contributed by atoms with Crippen LogP contribution in [-0.4, -0.2) is 34.0 Å². The first-order chi connectivity index (χ1) is 8.72. The number of fused-ring (bicyclic) bond motifs is 1. The molecule has 0 bridgehead atoms. The molecule has 96 valence electrons. The molecule has 1 N–H and O–H groups in total. The molecule has 5 heteroatoms. The number of nitrogens with zero attached hydrogens (tertiary/aromatic N) is 2. The fraction of sp³-hybridized carbons (Fsp3) is 0.385. The van der Waals surface area contributed by atoms with Crippen molar-refractivity contribution < 1.29 is 4.79 Å². The zero-order valence-electron chi connectivity index (χ0n) is 10.6. The molecule has 1 aromatic carbocycles. The molecule has 1 heterocycles. The highest BCUT2D eigenvalue weighted by molar-refractivity contribution is 7.98. The molecule has 4 nitrogen and oxygen atoms in total. The van der Waals surface area contributed by atoms with Crippen molar-refractivity contribution >= 4 is 28.7 Å². The van der Waals surface area contributed by atoms with Crippen molar-refractivity contribution in [2.24, 2.45) is 7.05 Å². The topological polar surface area (TPSA) is 46.9 Å². The molecule has 0 saturated heterocycles. The van der Waals surface area contributed by atoms with Gasteiger partial charge in [-0.2, -0.15) is 11.8 Å². The Morgan fingerprint density at radius 3 is 3.11 bits per heavy atom. The maximum absolute atomic E-state index is 11.9. The van der Waals surface area contributed by atoms with Gasteiger partial charge in [0.2, 0.25) is 0 Å². The van der Waals surface area contributed by atoms with Gasteiger partial charge in [0.1, 0.15) is 0 Å². The largest absolute Gasteiger partial charge is 0.352 e. The molecule has 0 fully saturated rings. The van der Waals surface area contributed by atoms with E-state index in [1.54, 1.807) is 18.1 Å². The van der Waals surface area contributed by atoms with Crippen LogP contribution in [0.15, 0.2) is 24.5 Å². The first-order valence-corrected chi connectivity index (χ1v) is 7.30. The van der Waals surface area contributed by atoms with E-state index in [2.05, 4.69) is 16.6 Å². The summed E-state index contributed by atoms with van der Waals surface area (Å²) in [6.07, 6.45) is 4.82. The predicted octanol–water partition coefficient (Wildman–Crippen LogP) is 2.06. The van der Waals surface area contributed by atoms with Crippen LogP contribution in [0.5, 0.6) is 0 Å². The van der Waals surface area contributed by atoms with E-state index in [-0.39, 0.29) is 5.91 Å². The minimum atomic E-state index is -0.0244. The number of benzene rings is 1. The number of aromatic nitrogens is 2. The first-order valence-electron chi connectivity index (χ1n) is 5.90. The lowest BCUT2D eigenvalue weighted by atomic mass is 10.2. The van der Waals surface area contributed by atoms with Crippen LogP contribution in [0.2, 0.25) is 0 Å². The van der Waals surface area contributed by atoms with Crippen LogP contribution in [0.4, 0.5) is 0 Å². The lowest BCUT2D eigenvalue weighted by molar-refractivity contribution is 0.0954. The maximum atomic E-state index is 11.9. The molecule has 0 aliphatic heterocycles. The molecule has 0 radical (unpaired) electrons. The number of rotatable bonds is 5. The van der Waals surface area contributed by atoms with Gasteiger partial charge in [-0.3, -0.25) is 4.79 Å². The van der Waals surface area contributed by atoms with Crippen LogP contribution in [0.1, 0.15) is 16.8 Å². The summed E-state index contributed by atoms with van der Waals surface area (Å²) in [5.41, 5.74) is 2.56. The van der Waals surface area contributed by atoms with Gasteiger partial charge >= 0.3 is 0 Å². The number of carbonyl (C=O) groups excluding carboxylic acids is 1. The van der Waals surface area contributed by atoms with E-state index >= 15 is 0 Å². The predicted molar refractivity (Wildman–Crippen MR) is 76.0 cm³/mol. The van der Waals surface area contributed by atoms with Gasteiger partial charge in [-0.15, -0.1) is 0 Å². The van der Waals surface area contributed by atoms with E-state index in [4.69, 9.17) is 0 Å². The van der Waals surface area contributed by atoms with Crippen molar-refractivity contribution in [2.45, 2.75) is 6.42 Å². The summed E-state index contributed by atoms with van der Waals surface area (Å²) in [6.45, 7) is 0.722. The molecule has 1 amide bonds. The molecular weight excluding hydrogens is 246 g/mol. The van der Waals surface area contributed by atoms with Gasteiger partial charge < -0.3 is 9.88 Å². The molecule has 0 aliphatic rings. The van der Waals surface area contributed by atoms with Crippen LogP contribution in [0, 0.1) is 0 Å². The Morgan fingerprint density at radius 2 is 2.33 bits per heavy atom. The summed E-state index contributed by atoms with van der Waals surface area (Å²) in [5, 5.41) is 2.92. The third kappa shape index (κ3) is 2.85. The van der Waals surface area contributed by atoms with Gasteiger partial charge in [-0.05, 0) is 36.6 Å². The van der Waals surface area contributed by atoms with Gasteiger partial charge in [0.15, 0.2) is 0 Å². The zero-order valence-corrected chi connectivity index (χ0v) is 11.5. The van der Waals surface area contributed by atoms with Crippen LogP contribution < -0.4 is 5.32 Å². The normalized spacial score (nSPS) is 10.8. The van der Waals surface area contributed by atoms with Crippen LogP contribution in [-0.2, 0) is 7.05 Å². The zero-order chi connectivity index (χ0) is 13.0. The van der Waals surface area contributed by atoms with Crippen molar-refractivity contribution in [3.8, 4) is 0 Å². The average Bonchev–Trinajstić information content (AvgIpc) is 2.76. The summed E-state index contributed by atoms with van der Waals surface area (Å²) >= 11 is 1.79. The number of nitrogens with one attached hydrogen (secondary N) is 1. The van der Waals surface area contributed by atoms with E-state index < -0.39 is 0 Å². The lowest BCUT2D eigenvalue weighted by Crippen LogP contribution is -2.24. The number of imidazole rings is 1. The summed E-state index contributed by atoms with van der Waals surface area (Å²) in [6, 6.07) is 5.60. The van der Waals surface area contributed by atoms with Crippen LogP contribution in [0.25, 0.3) is 11.0 Å². The monoisotopic (exact) mass is 263 g/mol. The van der Waals surface area contributed by atoms with Crippen LogP contribution >= 0.6 is 11.8 Å². The Kier molecular flexibility index (Phi) is 4.25. The Morgan fingerprint density at radius 1 is 1.50 bits per heavy atom. The fourth-order valence-corrected chi connectivity index (χ4v) is 2.23. The molecule has 2 rings (SSSR count). The summed E-state index contributed by atoms with van der Waals surface area (Å²) in [5.74, 6) is 1.04. The number of amides is 1. The number of hydrogen-bond acceptors (Lipinski definition) is 3. The molecular formula is C13H17N3OS. The molecule has 1 aromatic heterocycles. The molecule has 0 unspecified atom stereocenters. The number of hydrogen-bond donors (Lipinski definition) is 1. The second-order valence-electron chi connectivity index (χ2n) is 4.16. The molecule has 18 heavy (non-hydrogen) atoms. The van der Waals surface area contributed by atoms with Crippen molar-refractivity contribution in [1.29, 1.82) is 0 Å². The second-order valence-corrected chi connectivity index (χ2v) is 5.15. The minimum Gasteiger partial charge on any atom is -0.352 e. The standard InChI is InChI=1S/C13H17N3OS/c1-16-9-15-11-8-10(4-5-12(11)16)13(17)14-6-3-7-18-2/h4-5,8-9H,3,6-7H2,1-2H3,(H,14,17). The number of thioether (sulfide) groups is 1. The van der Waals surface area contributed by atoms with E-state index in [1.807, 2.05) is 29.8 Å². The molecule has 0 saturated carbocycles. The van der Waals surface area contributed by atoms with Crippen molar-refractivity contribution in [1.82, 2.24) is 14.9 Å². The average molecular weight is 263 g/mol. The maximum Gasteiger partial charge on any atom is 0.251 e. The van der Waals surface area contributed by atoms with Crippen molar-refractivity contribution in [3.63, 3.8) is 0 Å². The van der Waals surface area contributed by atoms with Gasteiger partial charge in [-0.1, -0.05) is 0 Å². The molecule has 0 atom stereocenters. The molecule has 2 aromatic rings. The first kappa shape index (κ1) is 13.0. The SMILES string of the molecule is CSCCCNC(=O)c1ccc2c(c1)ncn2C. The summed E-state index contributed by atoms with van der Waals surface area (Å²) < 4.78 is 1.94. The van der Waals surface area contributed by atoms with Crippen LogP contribution in [0.3, 0.4) is 0 Å². The minimum absolute atomic E-state index is 0.0244. The highest BCUT2D eigenvalue weighted by Gasteiger charge is 2.07. The van der Waals surface area contributed by atoms with Crippen molar-refractivity contribution in [2.75, 3.05) is 18.6 Å². The number of aryl methyl sites for hydroxylation is 1. The van der Waals surface area contributed by atoms with E-state index in [0.717, 1.165) is 29.8 Å². The smallest absolute Gasteiger partial charge is 0.251 e. The number of carbonyl (C=O) groups is 1. The Bertz CT molecular complexity index is 550. The lowest BCUT2D eigenvalue weighted by Gasteiger charge is -2.04.